The second kappa shape index (κ2) is 9.19. The second-order valence-electron chi connectivity index (χ2n) is 7.20. The molecule has 3 rings (SSSR count). The number of sulfonamides is 1. The van der Waals surface area contributed by atoms with Gasteiger partial charge >= 0.3 is 5.97 Å². The van der Waals surface area contributed by atoms with E-state index in [-0.39, 0.29) is 37.9 Å². The molecule has 1 aromatic rings. The maximum Gasteiger partial charge on any atom is 0.338 e. The maximum atomic E-state index is 14.2. The highest BCUT2D eigenvalue weighted by Gasteiger charge is 2.30. The van der Waals surface area contributed by atoms with E-state index in [0.717, 1.165) is 48.2 Å². The molecule has 1 N–H and O–H groups in total. The molecule has 8 nitrogen and oxygen atoms in total. The minimum atomic E-state index is -4.12. The molecule has 0 bridgehead atoms. The van der Waals surface area contributed by atoms with Gasteiger partial charge in [0.2, 0.25) is 10.0 Å². The molecule has 1 aliphatic carbocycles. The number of nitrogens with zero attached hydrogens (tertiary/aromatic N) is 1. The molecule has 160 valence electrons. The third-order valence-corrected chi connectivity index (χ3v) is 7.02. The molecule has 1 heterocycles. The standard InChI is InChI=1S/C19H25FN2O6S/c1-13(18(23)21-15-4-2-3-5-15)28-19(24)14-6-7-16(20)17(12-14)29(25,26)22-8-10-27-11-9-22/h6-7,12-13,15H,2-5,8-11H2,1H3,(H,21,23)/t13-/m1/s1. The van der Waals surface area contributed by atoms with Crippen molar-refractivity contribution >= 4 is 21.9 Å². The van der Waals surface area contributed by atoms with E-state index in [1.807, 2.05) is 0 Å². The molecule has 0 unspecified atom stereocenters. The van der Waals surface area contributed by atoms with Crippen LogP contribution in [-0.4, -0.2) is 63.0 Å². The lowest BCUT2D eigenvalue weighted by Gasteiger charge is -2.26. The quantitative estimate of drug-likeness (QED) is 0.688. The molecule has 1 aliphatic heterocycles. The molecule has 2 aliphatic rings. The molecule has 1 amide bonds. The Kier molecular flexibility index (Phi) is 6.86. The first-order valence-electron chi connectivity index (χ1n) is 9.68. The lowest BCUT2D eigenvalue weighted by Crippen LogP contribution is -2.41. The van der Waals surface area contributed by atoms with Crippen LogP contribution in [0.3, 0.4) is 0 Å². The van der Waals surface area contributed by atoms with E-state index in [1.165, 1.54) is 6.92 Å². The normalized spacial score (nSPS) is 19.7. The highest BCUT2D eigenvalue weighted by atomic mass is 32.2. The van der Waals surface area contributed by atoms with Crippen LogP contribution in [0.5, 0.6) is 0 Å². The Balaban J connectivity index is 1.71. The summed E-state index contributed by atoms with van der Waals surface area (Å²) in [6.45, 7) is 2.09. The van der Waals surface area contributed by atoms with Gasteiger partial charge in [0.25, 0.3) is 5.91 Å². The van der Waals surface area contributed by atoms with Crippen molar-refractivity contribution in [3.8, 4) is 0 Å². The number of carbonyl (C=O) groups excluding carboxylic acids is 2. The van der Waals surface area contributed by atoms with Gasteiger partial charge < -0.3 is 14.8 Å². The summed E-state index contributed by atoms with van der Waals surface area (Å²) in [6, 6.07) is 3.08. The zero-order chi connectivity index (χ0) is 21.0. The Morgan fingerprint density at radius 1 is 1.24 bits per heavy atom. The van der Waals surface area contributed by atoms with Crippen molar-refractivity contribution in [3.05, 3.63) is 29.6 Å². The molecule has 1 saturated heterocycles. The summed E-state index contributed by atoms with van der Waals surface area (Å²) in [5.41, 5.74) is -0.140. The van der Waals surface area contributed by atoms with Gasteiger partial charge in [-0.05, 0) is 38.0 Å². The Morgan fingerprint density at radius 2 is 1.90 bits per heavy atom. The number of esters is 1. The van der Waals surface area contributed by atoms with E-state index < -0.39 is 38.7 Å². The van der Waals surface area contributed by atoms with Gasteiger partial charge in [0.1, 0.15) is 10.7 Å². The molecule has 0 aromatic heterocycles. The van der Waals surface area contributed by atoms with Crippen molar-refractivity contribution in [1.82, 2.24) is 9.62 Å². The molecule has 0 spiro atoms. The molecule has 1 atom stereocenters. The molecule has 1 saturated carbocycles. The number of rotatable bonds is 6. The van der Waals surface area contributed by atoms with Crippen molar-refractivity contribution in [2.75, 3.05) is 26.3 Å². The summed E-state index contributed by atoms with van der Waals surface area (Å²) in [6.07, 6.45) is 2.84. The first-order valence-corrected chi connectivity index (χ1v) is 11.1. The van der Waals surface area contributed by atoms with Crippen LogP contribution >= 0.6 is 0 Å². The third kappa shape index (κ3) is 5.12. The van der Waals surface area contributed by atoms with Crippen LogP contribution in [0.2, 0.25) is 0 Å². The van der Waals surface area contributed by atoms with Crippen molar-refractivity contribution < 1.29 is 31.9 Å². The molecular formula is C19H25FN2O6S. The number of nitrogens with one attached hydrogen (secondary N) is 1. The van der Waals surface area contributed by atoms with Crippen molar-refractivity contribution in [1.29, 1.82) is 0 Å². The van der Waals surface area contributed by atoms with E-state index in [2.05, 4.69) is 5.32 Å². The minimum absolute atomic E-state index is 0.0831. The van der Waals surface area contributed by atoms with Gasteiger partial charge in [0.05, 0.1) is 18.8 Å². The largest absolute Gasteiger partial charge is 0.449 e. The summed E-state index contributed by atoms with van der Waals surface area (Å²) >= 11 is 0. The van der Waals surface area contributed by atoms with E-state index >= 15 is 0 Å². The van der Waals surface area contributed by atoms with Crippen LogP contribution in [0.15, 0.2) is 23.1 Å². The van der Waals surface area contributed by atoms with Crippen LogP contribution in [0, 0.1) is 5.82 Å². The average Bonchev–Trinajstić information content (AvgIpc) is 3.21. The number of halogens is 1. The summed E-state index contributed by atoms with van der Waals surface area (Å²) in [5.74, 6) is -2.26. The van der Waals surface area contributed by atoms with Gasteiger partial charge in [-0.3, -0.25) is 4.79 Å². The number of carbonyl (C=O) groups is 2. The Labute approximate surface area is 169 Å². The SMILES string of the molecule is C[C@@H](OC(=O)c1ccc(F)c(S(=O)(=O)N2CCOCC2)c1)C(=O)NC1CCCC1. The number of morpholine rings is 1. The molecule has 1 aromatic carbocycles. The number of benzene rings is 1. The summed E-state index contributed by atoms with van der Waals surface area (Å²) in [7, 11) is -4.12. The first kappa shape index (κ1) is 21.7. The van der Waals surface area contributed by atoms with Gasteiger partial charge in [0.15, 0.2) is 6.10 Å². The van der Waals surface area contributed by atoms with Crippen LogP contribution in [-0.2, 0) is 24.3 Å². The van der Waals surface area contributed by atoms with Crippen LogP contribution in [0.4, 0.5) is 4.39 Å². The smallest absolute Gasteiger partial charge is 0.338 e. The van der Waals surface area contributed by atoms with Crippen LogP contribution < -0.4 is 5.32 Å². The monoisotopic (exact) mass is 428 g/mol. The molecular weight excluding hydrogens is 403 g/mol. The summed E-state index contributed by atoms with van der Waals surface area (Å²) in [4.78, 5) is 24.0. The lowest BCUT2D eigenvalue weighted by molar-refractivity contribution is -0.129. The van der Waals surface area contributed by atoms with Crippen molar-refractivity contribution in [3.63, 3.8) is 0 Å². The van der Waals surface area contributed by atoms with Crippen LogP contribution in [0.25, 0.3) is 0 Å². The Morgan fingerprint density at radius 3 is 2.55 bits per heavy atom. The van der Waals surface area contributed by atoms with E-state index in [0.29, 0.717) is 0 Å². The predicted octanol–water partition coefficient (Wildman–Crippen LogP) is 1.45. The summed E-state index contributed by atoms with van der Waals surface area (Å²) < 4.78 is 51.1. The highest BCUT2D eigenvalue weighted by Crippen LogP contribution is 2.23. The Bertz CT molecular complexity index is 863. The zero-order valence-corrected chi connectivity index (χ0v) is 17.0. The van der Waals surface area contributed by atoms with Gasteiger partial charge in [-0.15, -0.1) is 0 Å². The summed E-state index contributed by atoms with van der Waals surface area (Å²) in [5, 5.41) is 2.83. The Hall–Kier alpha value is -2.04. The van der Waals surface area contributed by atoms with E-state index in [4.69, 9.17) is 9.47 Å². The fourth-order valence-electron chi connectivity index (χ4n) is 3.42. The van der Waals surface area contributed by atoms with Gasteiger partial charge in [-0.2, -0.15) is 4.31 Å². The third-order valence-electron chi connectivity index (χ3n) is 5.11. The molecule has 29 heavy (non-hydrogen) atoms. The van der Waals surface area contributed by atoms with Gasteiger partial charge in [-0.25, -0.2) is 17.6 Å². The lowest BCUT2D eigenvalue weighted by atomic mass is 10.2. The second-order valence-corrected chi connectivity index (χ2v) is 9.11. The zero-order valence-electron chi connectivity index (χ0n) is 16.2. The number of hydrogen-bond acceptors (Lipinski definition) is 6. The molecule has 2 fully saturated rings. The molecule has 10 heteroatoms. The first-order chi connectivity index (χ1) is 13.8. The van der Waals surface area contributed by atoms with Crippen molar-refractivity contribution in [2.24, 2.45) is 0 Å². The number of ether oxygens (including phenoxy) is 2. The predicted molar refractivity (Wildman–Crippen MR) is 101 cm³/mol. The van der Waals surface area contributed by atoms with Gasteiger partial charge in [-0.1, -0.05) is 12.8 Å². The fourth-order valence-corrected chi connectivity index (χ4v) is 4.92. The van der Waals surface area contributed by atoms with Crippen molar-refractivity contribution in [2.45, 2.75) is 49.6 Å². The maximum absolute atomic E-state index is 14.2. The topological polar surface area (TPSA) is 102 Å². The number of hydrogen-bond donors (Lipinski definition) is 1. The highest BCUT2D eigenvalue weighted by molar-refractivity contribution is 7.89. The fraction of sp³-hybridized carbons (Fsp3) is 0.579. The average molecular weight is 428 g/mol. The minimum Gasteiger partial charge on any atom is -0.449 e. The van der Waals surface area contributed by atoms with E-state index in [1.54, 1.807) is 0 Å². The van der Waals surface area contributed by atoms with E-state index in [9.17, 15) is 22.4 Å². The number of amides is 1. The van der Waals surface area contributed by atoms with Gasteiger partial charge in [0, 0.05) is 19.1 Å². The van der Waals surface area contributed by atoms with Crippen LogP contribution in [0.1, 0.15) is 43.0 Å². The molecule has 0 radical (unpaired) electrons.